The zero-order chi connectivity index (χ0) is 18.1. The third-order valence-electron chi connectivity index (χ3n) is 4.05. The highest BCUT2D eigenvalue weighted by Gasteiger charge is 2.21. The Labute approximate surface area is 148 Å². The summed E-state index contributed by atoms with van der Waals surface area (Å²) in [4.78, 5) is 20.8. The maximum absolute atomic E-state index is 12.0. The van der Waals surface area contributed by atoms with Gasteiger partial charge in [0.05, 0.1) is 12.5 Å². The van der Waals surface area contributed by atoms with Gasteiger partial charge in [0, 0.05) is 29.9 Å². The second kappa shape index (κ2) is 6.36. The van der Waals surface area contributed by atoms with Gasteiger partial charge in [-0.1, -0.05) is 0 Å². The van der Waals surface area contributed by atoms with Crippen LogP contribution >= 0.6 is 0 Å². The molecular weight excluding hydrogens is 332 g/mol. The molecule has 130 valence electrons. The van der Waals surface area contributed by atoms with Crippen LogP contribution in [0.3, 0.4) is 0 Å². The standard InChI is InChI=1S/C19H16N4O3/c1-2-23-11-12(7-8-15(23)24)16-17(13-5-3-9-25-13)21-19(20)22-18(16)14-6-4-10-26-14/h3-11H,2H2,1H3,(H2,20,21,22). The summed E-state index contributed by atoms with van der Waals surface area (Å²) in [5.74, 6) is 1.21. The van der Waals surface area contributed by atoms with E-state index in [4.69, 9.17) is 14.6 Å². The van der Waals surface area contributed by atoms with Crippen molar-refractivity contribution in [3.8, 4) is 34.0 Å². The molecule has 0 aliphatic carbocycles. The lowest BCUT2D eigenvalue weighted by molar-refractivity contribution is 0.577. The van der Waals surface area contributed by atoms with Gasteiger partial charge in [0.1, 0.15) is 11.4 Å². The number of anilines is 1. The second-order valence-corrected chi connectivity index (χ2v) is 5.65. The van der Waals surface area contributed by atoms with E-state index in [1.807, 2.05) is 6.92 Å². The third-order valence-corrected chi connectivity index (χ3v) is 4.05. The fourth-order valence-electron chi connectivity index (χ4n) is 2.86. The lowest BCUT2D eigenvalue weighted by Crippen LogP contribution is -2.17. The minimum absolute atomic E-state index is 0.0771. The molecule has 0 radical (unpaired) electrons. The number of rotatable bonds is 4. The maximum atomic E-state index is 12.0. The van der Waals surface area contributed by atoms with Crippen LogP contribution in [-0.4, -0.2) is 14.5 Å². The number of nitrogens with two attached hydrogens (primary N) is 1. The van der Waals surface area contributed by atoms with Crippen LogP contribution in [0.2, 0.25) is 0 Å². The fraction of sp³-hybridized carbons (Fsp3) is 0.105. The smallest absolute Gasteiger partial charge is 0.250 e. The van der Waals surface area contributed by atoms with E-state index in [0.717, 1.165) is 5.56 Å². The minimum atomic E-state index is -0.0771. The molecule has 0 spiro atoms. The van der Waals surface area contributed by atoms with Gasteiger partial charge >= 0.3 is 0 Å². The van der Waals surface area contributed by atoms with Crippen molar-refractivity contribution in [3.63, 3.8) is 0 Å². The first kappa shape index (κ1) is 15.9. The summed E-state index contributed by atoms with van der Waals surface area (Å²) >= 11 is 0. The predicted octanol–water partition coefficient (Wildman–Crippen LogP) is 3.43. The quantitative estimate of drug-likeness (QED) is 0.606. The SMILES string of the molecule is CCn1cc(-c2c(-c3ccco3)nc(N)nc2-c2ccco2)ccc1=O. The van der Waals surface area contributed by atoms with Crippen LogP contribution in [-0.2, 0) is 6.54 Å². The third kappa shape index (κ3) is 2.69. The van der Waals surface area contributed by atoms with Crippen molar-refractivity contribution in [2.45, 2.75) is 13.5 Å². The monoisotopic (exact) mass is 348 g/mol. The first-order valence-electron chi connectivity index (χ1n) is 8.13. The molecule has 0 unspecified atom stereocenters. The van der Waals surface area contributed by atoms with E-state index in [0.29, 0.717) is 35.0 Å². The largest absolute Gasteiger partial charge is 0.463 e. The van der Waals surface area contributed by atoms with Crippen molar-refractivity contribution in [1.29, 1.82) is 0 Å². The number of furan rings is 2. The average Bonchev–Trinajstić information content (AvgIpc) is 3.35. The van der Waals surface area contributed by atoms with Crippen molar-refractivity contribution in [2.75, 3.05) is 5.73 Å². The molecule has 4 rings (SSSR count). The molecule has 0 aromatic carbocycles. The van der Waals surface area contributed by atoms with Crippen LogP contribution in [0.5, 0.6) is 0 Å². The Kier molecular flexibility index (Phi) is 3.89. The first-order chi connectivity index (χ1) is 12.7. The van der Waals surface area contributed by atoms with Gasteiger partial charge in [-0.25, -0.2) is 9.97 Å². The highest BCUT2D eigenvalue weighted by atomic mass is 16.3. The second-order valence-electron chi connectivity index (χ2n) is 5.65. The Morgan fingerprint density at radius 2 is 1.62 bits per heavy atom. The molecule has 7 heteroatoms. The molecule has 0 aliphatic rings. The summed E-state index contributed by atoms with van der Waals surface area (Å²) in [6, 6.07) is 10.4. The number of hydrogen-bond donors (Lipinski definition) is 1. The van der Waals surface area contributed by atoms with Gasteiger partial charge in [-0.3, -0.25) is 4.79 Å². The lowest BCUT2D eigenvalue weighted by Gasteiger charge is -2.13. The predicted molar refractivity (Wildman–Crippen MR) is 97.2 cm³/mol. The summed E-state index contributed by atoms with van der Waals surface area (Å²) in [7, 11) is 0. The molecule has 0 amide bonds. The number of hydrogen-bond acceptors (Lipinski definition) is 6. The zero-order valence-electron chi connectivity index (χ0n) is 14.0. The Morgan fingerprint density at radius 3 is 2.12 bits per heavy atom. The van der Waals surface area contributed by atoms with Gasteiger partial charge < -0.3 is 19.1 Å². The van der Waals surface area contributed by atoms with E-state index in [2.05, 4.69) is 9.97 Å². The van der Waals surface area contributed by atoms with Crippen LogP contribution in [0, 0.1) is 0 Å². The van der Waals surface area contributed by atoms with Gasteiger partial charge in [-0.15, -0.1) is 0 Å². The topological polar surface area (TPSA) is 100 Å². The minimum Gasteiger partial charge on any atom is -0.463 e. The molecule has 4 heterocycles. The summed E-state index contributed by atoms with van der Waals surface area (Å²) in [5, 5.41) is 0. The molecule has 0 fully saturated rings. The van der Waals surface area contributed by atoms with Gasteiger partial charge in [0.2, 0.25) is 5.95 Å². The Morgan fingerprint density at radius 1 is 1.00 bits per heavy atom. The van der Waals surface area contributed by atoms with E-state index >= 15 is 0 Å². The van der Waals surface area contributed by atoms with E-state index in [-0.39, 0.29) is 11.5 Å². The molecule has 0 saturated carbocycles. The highest BCUT2D eigenvalue weighted by Crippen LogP contribution is 2.38. The number of nitrogen functional groups attached to an aromatic ring is 1. The Hall–Kier alpha value is -3.61. The highest BCUT2D eigenvalue weighted by molar-refractivity contribution is 5.89. The molecule has 0 atom stereocenters. The van der Waals surface area contributed by atoms with Crippen molar-refractivity contribution in [2.24, 2.45) is 0 Å². The molecule has 2 N–H and O–H groups in total. The molecule has 0 bridgehead atoms. The van der Waals surface area contributed by atoms with Crippen molar-refractivity contribution >= 4 is 5.95 Å². The van der Waals surface area contributed by atoms with Gasteiger partial charge in [0.25, 0.3) is 5.56 Å². The zero-order valence-corrected chi connectivity index (χ0v) is 14.0. The van der Waals surface area contributed by atoms with Gasteiger partial charge in [-0.2, -0.15) is 0 Å². The van der Waals surface area contributed by atoms with Crippen molar-refractivity contribution < 1.29 is 8.83 Å². The molecule has 26 heavy (non-hydrogen) atoms. The normalized spacial score (nSPS) is 11.0. The van der Waals surface area contributed by atoms with E-state index in [9.17, 15) is 4.79 Å². The van der Waals surface area contributed by atoms with E-state index in [1.54, 1.807) is 53.6 Å². The van der Waals surface area contributed by atoms with Crippen LogP contribution in [0.15, 0.2) is 68.8 Å². The summed E-state index contributed by atoms with van der Waals surface area (Å²) in [6.45, 7) is 2.46. The number of nitrogens with zero attached hydrogens (tertiary/aromatic N) is 3. The molecule has 7 nitrogen and oxygen atoms in total. The molecular formula is C19H16N4O3. The Balaban J connectivity index is 2.07. The first-order valence-corrected chi connectivity index (χ1v) is 8.13. The summed E-state index contributed by atoms with van der Waals surface area (Å²) < 4.78 is 12.7. The number of aryl methyl sites for hydroxylation is 1. The van der Waals surface area contributed by atoms with Crippen molar-refractivity contribution in [1.82, 2.24) is 14.5 Å². The number of aromatic nitrogens is 3. The average molecular weight is 348 g/mol. The molecule has 4 aromatic heterocycles. The number of pyridine rings is 1. The Bertz CT molecular complexity index is 1040. The summed E-state index contributed by atoms with van der Waals surface area (Å²) in [6.07, 6.45) is 4.91. The van der Waals surface area contributed by atoms with Crippen LogP contribution in [0.25, 0.3) is 34.0 Å². The van der Waals surface area contributed by atoms with Crippen LogP contribution in [0.4, 0.5) is 5.95 Å². The van der Waals surface area contributed by atoms with Crippen LogP contribution < -0.4 is 11.3 Å². The molecule has 0 aliphatic heterocycles. The molecule has 0 saturated heterocycles. The van der Waals surface area contributed by atoms with E-state index in [1.165, 1.54) is 6.07 Å². The summed E-state index contributed by atoms with van der Waals surface area (Å²) in [5.41, 5.74) is 8.39. The van der Waals surface area contributed by atoms with Crippen LogP contribution in [0.1, 0.15) is 6.92 Å². The van der Waals surface area contributed by atoms with Gasteiger partial charge in [0.15, 0.2) is 11.5 Å². The van der Waals surface area contributed by atoms with Crippen molar-refractivity contribution in [3.05, 3.63) is 65.5 Å². The van der Waals surface area contributed by atoms with E-state index < -0.39 is 0 Å². The maximum Gasteiger partial charge on any atom is 0.250 e. The molecule has 4 aromatic rings. The fourth-order valence-corrected chi connectivity index (χ4v) is 2.86. The lowest BCUT2D eigenvalue weighted by atomic mass is 10.0. The van der Waals surface area contributed by atoms with Gasteiger partial charge in [-0.05, 0) is 37.3 Å².